The van der Waals surface area contributed by atoms with Crippen molar-refractivity contribution < 1.29 is 17.9 Å². The minimum Gasteiger partial charge on any atom is -0.387 e. The van der Waals surface area contributed by atoms with Crippen LogP contribution in [-0.2, 0) is 17.1 Å². The second-order valence-corrected chi connectivity index (χ2v) is 7.65. The van der Waals surface area contributed by atoms with Gasteiger partial charge in [0.05, 0.1) is 18.1 Å². The zero-order valence-electron chi connectivity index (χ0n) is 13.1. The predicted molar refractivity (Wildman–Crippen MR) is 84.4 cm³/mol. The van der Waals surface area contributed by atoms with Crippen LogP contribution in [0, 0.1) is 5.82 Å². The first-order valence-corrected chi connectivity index (χ1v) is 8.82. The van der Waals surface area contributed by atoms with E-state index in [-0.39, 0.29) is 18.1 Å². The second kappa shape index (κ2) is 6.11. The standard InChI is InChI=1S/C14H18FN5O3S/c1-19-7-13(17-10-19)24(22,23)18-8-14(21)4-5-20(9-14)12-3-2-11(15)6-16-12/h2-3,6-7,10,18,21H,4-5,8-9H2,1H3/t14-/m1/s1. The van der Waals surface area contributed by atoms with E-state index in [0.29, 0.717) is 18.8 Å². The Morgan fingerprint density at radius 2 is 2.21 bits per heavy atom. The molecule has 2 aromatic rings. The van der Waals surface area contributed by atoms with Gasteiger partial charge in [-0.1, -0.05) is 0 Å². The minimum atomic E-state index is -3.78. The molecule has 0 aromatic carbocycles. The van der Waals surface area contributed by atoms with Crippen LogP contribution >= 0.6 is 0 Å². The lowest BCUT2D eigenvalue weighted by Gasteiger charge is -2.24. The van der Waals surface area contributed by atoms with Crippen molar-refractivity contribution in [2.24, 2.45) is 7.05 Å². The summed E-state index contributed by atoms with van der Waals surface area (Å²) < 4.78 is 41.2. The molecule has 0 amide bonds. The fourth-order valence-electron chi connectivity index (χ4n) is 2.58. The largest absolute Gasteiger partial charge is 0.387 e. The molecule has 10 heteroatoms. The molecule has 130 valence electrons. The van der Waals surface area contributed by atoms with Crippen molar-refractivity contribution in [3.05, 3.63) is 36.7 Å². The van der Waals surface area contributed by atoms with Gasteiger partial charge in [-0.2, -0.15) is 0 Å². The third-order valence-electron chi connectivity index (χ3n) is 3.92. The summed E-state index contributed by atoms with van der Waals surface area (Å²) in [5, 5.41) is 10.5. The first-order valence-electron chi connectivity index (χ1n) is 7.34. The number of aliphatic hydroxyl groups is 1. The van der Waals surface area contributed by atoms with Gasteiger partial charge in [0.15, 0.2) is 5.03 Å². The van der Waals surface area contributed by atoms with Gasteiger partial charge < -0.3 is 14.6 Å². The molecule has 24 heavy (non-hydrogen) atoms. The van der Waals surface area contributed by atoms with E-state index in [0.717, 1.165) is 6.20 Å². The number of pyridine rings is 1. The number of aryl methyl sites for hydroxylation is 1. The van der Waals surface area contributed by atoms with Crippen molar-refractivity contribution in [2.45, 2.75) is 17.0 Å². The topological polar surface area (TPSA) is 100 Å². The smallest absolute Gasteiger partial charge is 0.259 e. The van der Waals surface area contributed by atoms with Gasteiger partial charge in [-0.05, 0) is 18.6 Å². The van der Waals surface area contributed by atoms with Crippen LogP contribution in [0.3, 0.4) is 0 Å². The summed E-state index contributed by atoms with van der Waals surface area (Å²) in [6.07, 6.45) is 4.25. The Bertz CT molecular complexity index is 823. The zero-order chi connectivity index (χ0) is 17.4. The molecule has 0 bridgehead atoms. The van der Waals surface area contributed by atoms with Gasteiger partial charge in [-0.15, -0.1) is 0 Å². The fraction of sp³-hybridized carbons (Fsp3) is 0.429. The molecule has 1 aliphatic heterocycles. The Labute approximate surface area is 139 Å². The first kappa shape index (κ1) is 16.8. The van der Waals surface area contributed by atoms with Gasteiger partial charge >= 0.3 is 0 Å². The lowest BCUT2D eigenvalue weighted by molar-refractivity contribution is 0.0685. The number of hydrogen-bond donors (Lipinski definition) is 2. The number of hydrogen-bond acceptors (Lipinski definition) is 6. The number of halogens is 1. The highest BCUT2D eigenvalue weighted by molar-refractivity contribution is 7.89. The maximum absolute atomic E-state index is 12.9. The van der Waals surface area contributed by atoms with Gasteiger partial charge in [0.2, 0.25) is 0 Å². The molecule has 1 fully saturated rings. The molecule has 3 rings (SSSR count). The third kappa shape index (κ3) is 3.55. The van der Waals surface area contributed by atoms with Crippen molar-refractivity contribution in [2.75, 3.05) is 24.5 Å². The van der Waals surface area contributed by atoms with Crippen molar-refractivity contribution in [3.8, 4) is 0 Å². The number of nitrogens with zero attached hydrogens (tertiary/aromatic N) is 4. The van der Waals surface area contributed by atoms with E-state index >= 15 is 0 Å². The molecule has 0 aliphatic carbocycles. The van der Waals surface area contributed by atoms with E-state index in [1.807, 2.05) is 0 Å². The predicted octanol–water partition coefficient (Wildman–Crippen LogP) is -0.126. The van der Waals surface area contributed by atoms with Crippen molar-refractivity contribution in [3.63, 3.8) is 0 Å². The van der Waals surface area contributed by atoms with Gasteiger partial charge in [-0.25, -0.2) is 27.5 Å². The average Bonchev–Trinajstić information content (AvgIpc) is 3.14. The van der Waals surface area contributed by atoms with Crippen molar-refractivity contribution in [1.29, 1.82) is 0 Å². The number of imidazole rings is 1. The second-order valence-electron chi connectivity index (χ2n) is 5.93. The van der Waals surface area contributed by atoms with Gasteiger partial charge in [0.25, 0.3) is 10.0 Å². The first-order chi connectivity index (χ1) is 11.3. The maximum Gasteiger partial charge on any atom is 0.259 e. The molecule has 3 heterocycles. The third-order valence-corrected chi connectivity index (χ3v) is 5.20. The van der Waals surface area contributed by atoms with E-state index in [4.69, 9.17) is 0 Å². The van der Waals surface area contributed by atoms with E-state index in [2.05, 4.69) is 14.7 Å². The Morgan fingerprint density at radius 3 is 2.83 bits per heavy atom. The van der Waals surface area contributed by atoms with Crippen LogP contribution < -0.4 is 9.62 Å². The Balaban J connectivity index is 1.64. The summed E-state index contributed by atoms with van der Waals surface area (Å²) in [5.74, 6) is 0.108. The normalized spacial score (nSPS) is 21.4. The lowest BCUT2D eigenvalue weighted by atomic mass is 10.0. The molecule has 0 unspecified atom stereocenters. The number of nitrogens with one attached hydrogen (secondary N) is 1. The van der Waals surface area contributed by atoms with Crippen LogP contribution in [0.15, 0.2) is 35.9 Å². The molecule has 1 atom stereocenters. The maximum atomic E-state index is 12.9. The molecular weight excluding hydrogens is 337 g/mol. The van der Waals surface area contributed by atoms with E-state index in [9.17, 15) is 17.9 Å². The van der Waals surface area contributed by atoms with Crippen molar-refractivity contribution in [1.82, 2.24) is 19.3 Å². The molecular formula is C14H18FN5O3S. The van der Waals surface area contributed by atoms with Crippen LogP contribution in [0.2, 0.25) is 0 Å². The molecule has 2 aromatic heterocycles. The van der Waals surface area contributed by atoms with Crippen LogP contribution in [0.5, 0.6) is 0 Å². The van der Waals surface area contributed by atoms with E-state index in [1.54, 1.807) is 11.9 Å². The average molecular weight is 355 g/mol. The van der Waals surface area contributed by atoms with Crippen molar-refractivity contribution >= 4 is 15.8 Å². The van der Waals surface area contributed by atoms with E-state index in [1.165, 1.54) is 29.2 Å². The molecule has 0 spiro atoms. The summed E-state index contributed by atoms with van der Waals surface area (Å²) in [5.41, 5.74) is -1.22. The monoisotopic (exact) mass is 355 g/mol. The molecule has 8 nitrogen and oxygen atoms in total. The van der Waals surface area contributed by atoms with Gasteiger partial charge in [0, 0.05) is 32.9 Å². The summed E-state index contributed by atoms with van der Waals surface area (Å²) in [4.78, 5) is 9.56. The number of aromatic nitrogens is 3. The van der Waals surface area contributed by atoms with Gasteiger partial charge in [-0.3, -0.25) is 0 Å². The number of rotatable bonds is 5. The zero-order valence-corrected chi connectivity index (χ0v) is 13.9. The van der Waals surface area contributed by atoms with Gasteiger partial charge in [0.1, 0.15) is 11.6 Å². The summed E-state index contributed by atoms with van der Waals surface area (Å²) in [6.45, 7) is 0.570. The number of sulfonamides is 1. The molecule has 1 aliphatic rings. The molecule has 2 N–H and O–H groups in total. The molecule has 0 saturated carbocycles. The highest BCUT2D eigenvalue weighted by atomic mass is 32.2. The Morgan fingerprint density at radius 1 is 1.42 bits per heavy atom. The molecule has 1 saturated heterocycles. The fourth-order valence-corrected chi connectivity index (χ4v) is 3.68. The highest BCUT2D eigenvalue weighted by Gasteiger charge is 2.38. The lowest BCUT2D eigenvalue weighted by Crippen LogP contribution is -2.45. The Hall–Kier alpha value is -2.04. The minimum absolute atomic E-state index is 0.0938. The summed E-state index contributed by atoms with van der Waals surface area (Å²) in [6, 6.07) is 2.82. The summed E-state index contributed by atoms with van der Waals surface area (Å²) >= 11 is 0. The number of β-amino-alcohol motifs (C(OH)–C–C–N with tert-alkyl or cyclic N) is 1. The van der Waals surface area contributed by atoms with E-state index < -0.39 is 21.4 Å². The Kier molecular flexibility index (Phi) is 4.28. The van der Waals surface area contributed by atoms with Crippen LogP contribution in [0.4, 0.5) is 10.2 Å². The molecule has 0 radical (unpaired) electrons. The quantitative estimate of drug-likeness (QED) is 0.775. The highest BCUT2D eigenvalue weighted by Crippen LogP contribution is 2.25. The summed E-state index contributed by atoms with van der Waals surface area (Å²) in [7, 11) is -2.11. The van der Waals surface area contributed by atoms with Crippen LogP contribution in [-0.4, -0.2) is 53.3 Å². The number of anilines is 1. The van der Waals surface area contributed by atoms with Crippen LogP contribution in [0.1, 0.15) is 6.42 Å². The SMILES string of the molecule is Cn1cnc(S(=O)(=O)NC[C@]2(O)CCN(c3ccc(F)cn3)C2)c1. The van der Waals surface area contributed by atoms with Crippen LogP contribution in [0.25, 0.3) is 0 Å².